The van der Waals surface area contributed by atoms with E-state index in [0.717, 1.165) is 18.4 Å². The number of furan rings is 1. The van der Waals surface area contributed by atoms with Crippen LogP contribution >= 0.6 is 11.8 Å². The van der Waals surface area contributed by atoms with Crippen molar-refractivity contribution in [2.45, 2.75) is 53.1 Å². The van der Waals surface area contributed by atoms with Crippen LogP contribution < -0.4 is 10.6 Å². The van der Waals surface area contributed by atoms with Gasteiger partial charge in [0.25, 0.3) is 0 Å². The zero-order valence-corrected chi connectivity index (χ0v) is 22.8. The number of benzene rings is 2. The highest BCUT2D eigenvalue weighted by molar-refractivity contribution is 8.14. The van der Waals surface area contributed by atoms with Gasteiger partial charge < -0.3 is 9.73 Å². The Bertz CT molecular complexity index is 1240. The van der Waals surface area contributed by atoms with Gasteiger partial charge in [0.15, 0.2) is 0 Å². The van der Waals surface area contributed by atoms with Crippen LogP contribution in [-0.4, -0.2) is 35.9 Å². The second kappa shape index (κ2) is 15.7. The van der Waals surface area contributed by atoms with E-state index in [9.17, 15) is 14.0 Å². The summed E-state index contributed by atoms with van der Waals surface area (Å²) >= 11 is 1.19. The van der Waals surface area contributed by atoms with Gasteiger partial charge in [-0.15, -0.1) is 11.8 Å². The first-order valence-corrected chi connectivity index (χ1v) is 13.2. The molecule has 0 aliphatic carbocycles. The summed E-state index contributed by atoms with van der Waals surface area (Å²) in [6, 6.07) is 12.0. The number of unbranched alkanes of at least 4 members (excludes halogenated alkanes) is 1. The van der Waals surface area contributed by atoms with Crippen LogP contribution in [0.15, 0.2) is 63.1 Å². The number of nitrogens with zero attached hydrogens (tertiary/aromatic N) is 2. The van der Waals surface area contributed by atoms with Crippen LogP contribution in [-0.2, 0) is 4.79 Å². The van der Waals surface area contributed by atoms with Gasteiger partial charge in [-0.25, -0.2) is 9.18 Å². The first-order valence-electron chi connectivity index (χ1n) is 12.2. The van der Waals surface area contributed by atoms with Crippen molar-refractivity contribution in [3.8, 4) is 0 Å². The van der Waals surface area contributed by atoms with Crippen LogP contribution in [0, 0.1) is 12.7 Å². The highest BCUT2D eigenvalue weighted by Crippen LogP contribution is 2.22. The van der Waals surface area contributed by atoms with Gasteiger partial charge in [-0.3, -0.25) is 15.1 Å². The Balaban J connectivity index is 0.000000394. The maximum atomic E-state index is 14.3. The minimum Gasteiger partial charge on any atom is -0.464 e. The number of urea groups is 1. The summed E-state index contributed by atoms with van der Waals surface area (Å²) in [5, 5.41) is 7.07. The lowest BCUT2D eigenvalue weighted by molar-refractivity contribution is -0.116. The predicted molar refractivity (Wildman–Crippen MR) is 152 cm³/mol. The Morgan fingerprint density at radius 2 is 1.97 bits per heavy atom. The molecule has 0 fully saturated rings. The van der Waals surface area contributed by atoms with Crippen molar-refractivity contribution in [1.82, 2.24) is 5.32 Å². The fourth-order valence-electron chi connectivity index (χ4n) is 3.19. The molecule has 2 aromatic carbocycles. The molecule has 0 aliphatic rings. The number of aryl methyl sites for hydroxylation is 1. The molecule has 0 radical (unpaired) electrons. The number of carbonyl (C=O) groups excluding carboxylic acids is 2. The highest BCUT2D eigenvalue weighted by atomic mass is 32.2. The number of aliphatic imine (C=N–C) groups is 2. The lowest BCUT2D eigenvalue weighted by Gasteiger charge is -2.13. The van der Waals surface area contributed by atoms with Crippen molar-refractivity contribution in [3.05, 3.63) is 65.7 Å². The molecule has 7 nitrogen and oxygen atoms in total. The van der Waals surface area contributed by atoms with Crippen LogP contribution in [0.1, 0.15) is 57.3 Å². The molecular weight excluding hydrogens is 491 g/mol. The number of amides is 2. The van der Waals surface area contributed by atoms with E-state index < -0.39 is 11.8 Å². The topological polar surface area (TPSA) is 96.1 Å². The van der Waals surface area contributed by atoms with Crippen molar-refractivity contribution in [2.75, 3.05) is 18.1 Å². The van der Waals surface area contributed by atoms with E-state index in [1.807, 2.05) is 37.4 Å². The van der Waals surface area contributed by atoms with Crippen molar-refractivity contribution in [3.63, 3.8) is 0 Å². The zero-order valence-electron chi connectivity index (χ0n) is 22.0. The molecule has 3 aromatic rings. The van der Waals surface area contributed by atoms with Crippen molar-refractivity contribution in [1.29, 1.82) is 0 Å². The summed E-state index contributed by atoms with van der Waals surface area (Å²) in [4.78, 5) is 31.4. The van der Waals surface area contributed by atoms with E-state index in [1.165, 1.54) is 34.8 Å². The Kier molecular flexibility index (Phi) is 12.7. The van der Waals surface area contributed by atoms with E-state index in [1.54, 1.807) is 33.2 Å². The number of fused-ring (bicyclic) bond motifs is 1. The molecule has 0 saturated carbocycles. The number of anilines is 1. The number of para-hydroxylation sites is 1. The van der Waals surface area contributed by atoms with Gasteiger partial charge >= 0.3 is 6.03 Å². The maximum Gasteiger partial charge on any atom is 0.346 e. The minimum absolute atomic E-state index is 0.0438. The molecule has 0 aliphatic heterocycles. The molecule has 37 heavy (non-hydrogen) atoms. The lowest BCUT2D eigenvalue weighted by Crippen LogP contribution is -2.15. The van der Waals surface area contributed by atoms with E-state index in [2.05, 4.69) is 27.5 Å². The predicted octanol–water partition coefficient (Wildman–Crippen LogP) is 7.32. The number of nitrogens with one attached hydrogen (secondary N) is 2. The van der Waals surface area contributed by atoms with Gasteiger partial charge in [0, 0.05) is 18.0 Å². The third kappa shape index (κ3) is 9.93. The summed E-state index contributed by atoms with van der Waals surface area (Å²) in [5.41, 5.74) is 2.90. The molecule has 1 atom stereocenters. The molecule has 1 heterocycles. The summed E-state index contributed by atoms with van der Waals surface area (Å²) in [5.74, 6) is -0.211. The number of Topliss-reactive ketones (excluding diaryl/α,β-unsaturated/α-hetero) is 1. The second-order valence-electron chi connectivity index (χ2n) is 8.21. The average Bonchev–Trinajstić information content (AvgIpc) is 3.37. The molecule has 0 spiro atoms. The Hall–Kier alpha value is -3.30. The van der Waals surface area contributed by atoms with Crippen molar-refractivity contribution < 1.29 is 18.4 Å². The fraction of sp³-hybridized carbons (Fsp3) is 0.357. The van der Waals surface area contributed by atoms with Gasteiger partial charge in [0.2, 0.25) is 0 Å². The number of carbonyl (C=O) groups is 2. The third-order valence-corrected chi connectivity index (χ3v) is 6.24. The van der Waals surface area contributed by atoms with E-state index in [-0.39, 0.29) is 23.4 Å². The molecule has 0 bridgehead atoms. The van der Waals surface area contributed by atoms with E-state index in [0.29, 0.717) is 17.0 Å². The first-order chi connectivity index (χ1) is 17.8. The standard InChI is InChI=1S/C19H27FN4O2S.C9H8O/c1-5-7-10-22-18(21-4)14-8-9-17(16(20)11-14)24-19(26)23-13(3)27-12-15(25)6-2;1-7-3-2-4-8-5-6-10-9(7)8/h8-11,18,21H,5-7,12H2,1-4H3,(H,24,26);2-6H,1H3/b22-10-,23-13-;. The SMILES string of the molecule is CCC/C=N\C(NC)c1ccc(NC(=O)/N=C(/C)SCC(=O)CC)c(F)c1.Cc1cccc2ccoc12. The molecule has 1 unspecified atom stereocenters. The van der Waals surface area contributed by atoms with Gasteiger partial charge in [-0.1, -0.05) is 44.5 Å². The molecule has 0 saturated heterocycles. The first kappa shape index (κ1) is 29.9. The fourth-order valence-corrected chi connectivity index (χ4v) is 3.91. The van der Waals surface area contributed by atoms with Crippen molar-refractivity contribution in [2.24, 2.45) is 9.98 Å². The molecule has 3 rings (SSSR count). The Morgan fingerprint density at radius 1 is 1.19 bits per heavy atom. The van der Waals surface area contributed by atoms with Gasteiger partial charge in [-0.2, -0.15) is 4.99 Å². The molecule has 198 valence electrons. The average molecular weight is 527 g/mol. The number of halogens is 1. The molecule has 1 aromatic heterocycles. The third-order valence-electron chi connectivity index (χ3n) is 5.27. The summed E-state index contributed by atoms with van der Waals surface area (Å²) in [6.45, 7) is 7.52. The summed E-state index contributed by atoms with van der Waals surface area (Å²) in [7, 11) is 1.75. The summed E-state index contributed by atoms with van der Waals surface area (Å²) in [6.07, 6.45) is 5.48. The van der Waals surface area contributed by atoms with E-state index in [4.69, 9.17) is 4.42 Å². The molecule has 2 N–H and O–H groups in total. The van der Waals surface area contributed by atoms with Gasteiger partial charge in [0.05, 0.1) is 22.7 Å². The van der Waals surface area contributed by atoms with Crippen molar-refractivity contribution >= 4 is 51.5 Å². The van der Waals surface area contributed by atoms with Crippen LogP contribution in [0.2, 0.25) is 0 Å². The number of hydrogen-bond acceptors (Lipinski definition) is 6. The smallest absolute Gasteiger partial charge is 0.346 e. The largest absolute Gasteiger partial charge is 0.464 e. The van der Waals surface area contributed by atoms with Gasteiger partial charge in [-0.05, 0) is 56.6 Å². The summed E-state index contributed by atoms with van der Waals surface area (Å²) < 4.78 is 19.6. The van der Waals surface area contributed by atoms with Crippen LogP contribution in [0.25, 0.3) is 11.0 Å². The molecular formula is C28H35FN4O3S. The zero-order chi connectivity index (χ0) is 27.2. The highest BCUT2D eigenvalue weighted by Gasteiger charge is 2.12. The number of thioether (sulfide) groups is 1. The van der Waals surface area contributed by atoms with Crippen LogP contribution in [0.4, 0.5) is 14.9 Å². The number of hydrogen-bond donors (Lipinski definition) is 2. The van der Waals surface area contributed by atoms with E-state index >= 15 is 0 Å². The quantitative estimate of drug-likeness (QED) is 0.225. The van der Waals surface area contributed by atoms with Crippen LogP contribution in [0.5, 0.6) is 0 Å². The second-order valence-corrected chi connectivity index (χ2v) is 9.37. The number of rotatable bonds is 9. The Labute approximate surface area is 222 Å². The molecule has 9 heteroatoms. The monoisotopic (exact) mass is 526 g/mol. The lowest BCUT2D eigenvalue weighted by atomic mass is 10.1. The van der Waals surface area contributed by atoms with Crippen LogP contribution in [0.3, 0.4) is 0 Å². The Morgan fingerprint density at radius 3 is 2.62 bits per heavy atom. The number of ketones is 1. The minimum atomic E-state index is -0.679. The van der Waals surface area contributed by atoms with Gasteiger partial charge in [0.1, 0.15) is 23.3 Å². The maximum absolute atomic E-state index is 14.3. The molecule has 2 amide bonds. The normalized spacial score (nSPS) is 12.3.